The van der Waals surface area contributed by atoms with Crippen molar-refractivity contribution >= 4 is 23.4 Å². The Bertz CT molecular complexity index is 462. The molecule has 18 heavy (non-hydrogen) atoms. The summed E-state index contributed by atoms with van der Waals surface area (Å²) in [6.45, 7) is 0. The number of carbonyl (C=O) groups excluding carboxylic acids is 1. The molecule has 1 aliphatic rings. The van der Waals surface area contributed by atoms with Crippen LogP contribution in [-0.4, -0.2) is 23.5 Å². The predicted octanol–water partition coefficient (Wildman–Crippen LogP) is 2.17. The van der Waals surface area contributed by atoms with Crippen molar-refractivity contribution in [1.82, 2.24) is 5.32 Å². The molecule has 0 saturated carbocycles. The topological polar surface area (TPSA) is 55.1 Å². The highest BCUT2D eigenvalue weighted by Crippen LogP contribution is 2.19. The zero-order valence-electron chi connectivity index (χ0n) is 9.71. The van der Waals surface area contributed by atoms with Crippen LogP contribution in [0, 0.1) is 11.6 Å². The Kier molecular flexibility index (Phi) is 4.06. The lowest BCUT2D eigenvalue weighted by molar-refractivity contribution is 0.0934. The monoisotopic (exact) mass is 272 g/mol. The minimum atomic E-state index is -0.886. The zero-order chi connectivity index (χ0) is 13.1. The largest absolute Gasteiger partial charge is 0.396 e. The first kappa shape index (κ1) is 13.1. The van der Waals surface area contributed by atoms with Crippen LogP contribution in [0.3, 0.4) is 0 Å². The summed E-state index contributed by atoms with van der Waals surface area (Å²) < 4.78 is 26.5. The summed E-state index contributed by atoms with van der Waals surface area (Å²) in [5.41, 5.74) is 4.91. The van der Waals surface area contributed by atoms with Gasteiger partial charge >= 0.3 is 0 Å². The minimum absolute atomic E-state index is 0.0435. The van der Waals surface area contributed by atoms with Crippen molar-refractivity contribution < 1.29 is 13.6 Å². The van der Waals surface area contributed by atoms with Crippen LogP contribution in [0.5, 0.6) is 0 Å². The fraction of sp³-hybridized carbons (Fsp3) is 0.417. The molecular weight excluding hydrogens is 258 g/mol. The maximum atomic E-state index is 13.5. The van der Waals surface area contributed by atoms with Gasteiger partial charge in [-0.2, -0.15) is 11.8 Å². The molecule has 3 N–H and O–H groups in total. The number of nitrogens with two attached hydrogens (primary N) is 1. The van der Waals surface area contributed by atoms with Gasteiger partial charge in [-0.25, -0.2) is 8.78 Å². The lowest BCUT2D eigenvalue weighted by Gasteiger charge is -2.22. The van der Waals surface area contributed by atoms with Gasteiger partial charge in [-0.3, -0.25) is 4.79 Å². The van der Waals surface area contributed by atoms with E-state index in [9.17, 15) is 13.6 Å². The summed E-state index contributed by atoms with van der Waals surface area (Å²) in [4.78, 5) is 11.9. The van der Waals surface area contributed by atoms with Gasteiger partial charge in [0.05, 0.1) is 11.3 Å². The van der Waals surface area contributed by atoms with Gasteiger partial charge in [0.15, 0.2) is 0 Å². The van der Waals surface area contributed by atoms with Gasteiger partial charge in [0, 0.05) is 17.9 Å². The van der Waals surface area contributed by atoms with E-state index < -0.39 is 17.5 Å². The van der Waals surface area contributed by atoms with E-state index in [1.807, 2.05) is 0 Å². The van der Waals surface area contributed by atoms with Crippen LogP contribution in [-0.2, 0) is 0 Å². The second-order valence-electron chi connectivity index (χ2n) is 4.24. The molecule has 98 valence electrons. The van der Waals surface area contributed by atoms with E-state index >= 15 is 0 Å². The molecule has 0 spiro atoms. The smallest absolute Gasteiger partial charge is 0.254 e. The summed E-state index contributed by atoms with van der Waals surface area (Å²) in [7, 11) is 0. The highest BCUT2D eigenvalue weighted by molar-refractivity contribution is 7.99. The molecule has 2 rings (SSSR count). The fourth-order valence-corrected chi connectivity index (χ4v) is 2.93. The molecule has 3 nitrogen and oxygen atoms in total. The van der Waals surface area contributed by atoms with Crippen LogP contribution in [0.4, 0.5) is 14.5 Å². The van der Waals surface area contributed by atoms with Crippen LogP contribution in [0.1, 0.15) is 23.2 Å². The normalized spacial score (nSPS) is 19.6. The van der Waals surface area contributed by atoms with Crippen molar-refractivity contribution in [3.05, 3.63) is 29.3 Å². The van der Waals surface area contributed by atoms with Crippen molar-refractivity contribution in [2.75, 3.05) is 17.2 Å². The van der Waals surface area contributed by atoms with Gasteiger partial charge in [0.2, 0.25) is 0 Å². The number of nitrogens with one attached hydrogen (secondary N) is 1. The number of hydrogen-bond donors (Lipinski definition) is 2. The molecule has 1 aromatic rings. The Morgan fingerprint density at radius 1 is 1.39 bits per heavy atom. The average Bonchev–Trinajstić information content (AvgIpc) is 2.35. The predicted molar refractivity (Wildman–Crippen MR) is 68.6 cm³/mol. The van der Waals surface area contributed by atoms with Crippen molar-refractivity contribution in [2.24, 2.45) is 0 Å². The van der Waals surface area contributed by atoms with Gasteiger partial charge in [-0.15, -0.1) is 0 Å². The van der Waals surface area contributed by atoms with E-state index in [1.54, 1.807) is 11.8 Å². The quantitative estimate of drug-likeness (QED) is 0.811. The van der Waals surface area contributed by atoms with Crippen LogP contribution < -0.4 is 11.1 Å². The SMILES string of the molecule is Nc1cc(C(=O)NC2CCCSC2)c(F)cc1F. The number of benzene rings is 1. The summed E-state index contributed by atoms with van der Waals surface area (Å²) >= 11 is 1.76. The van der Waals surface area contributed by atoms with Gasteiger partial charge in [-0.05, 0) is 24.7 Å². The molecule has 1 fully saturated rings. The second-order valence-corrected chi connectivity index (χ2v) is 5.39. The maximum Gasteiger partial charge on any atom is 0.254 e. The van der Waals surface area contributed by atoms with Crippen molar-refractivity contribution in [3.8, 4) is 0 Å². The summed E-state index contributed by atoms with van der Waals surface area (Å²) in [5.74, 6) is -0.361. The lowest BCUT2D eigenvalue weighted by atomic mass is 10.1. The number of carbonyl (C=O) groups is 1. The fourth-order valence-electron chi connectivity index (χ4n) is 1.86. The van der Waals surface area contributed by atoms with E-state index in [0.29, 0.717) is 6.07 Å². The zero-order valence-corrected chi connectivity index (χ0v) is 10.5. The number of thioether (sulfide) groups is 1. The van der Waals surface area contributed by atoms with E-state index in [-0.39, 0.29) is 17.3 Å². The van der Waals surface area contributed by atoms with Gasteiger partial charge in [0.25, 0.3) is 5.91 Å². The molecule has 1 aliphatic heterocycles. The number of nitrogen functional groups attached to an aromatic ring is 1. The third-order valence-electron chi connectivity index (χ3n) is 2.83. The van der Waals surface area contributed by atoms with Crippen LogP contribution in [0.25, 0.3) is 0 Å². The van der Waals surface area contributed by atoms with Crippen molar-refractivity contribution in [2.45, 2.75) is 18.9 Å². The van der Waals surface area contributed by atoms with E-state index in [2.05, 4.69) is 5.32 Å². The highest BCUT2D eigenvalue weighted by Gasteiger charge is 2.20. The summed E-state index contributed by atoms with van der Waals surface area (Å²) in [5, 5.41) is 2.74. The molecule has 1 atom stereocenters. The van der Waals surface area contributed by atoms with E-state index in [1.165, 1.54) is 0 Å². The number of halogens is 2. The lowest BCUT2D eigenvalue weighted by Crippen LogP contribution is -2.38. The number of hydrogen-bond acceptors (Lipinski definition) is 3. The molecule has 1 amide bonds. The second kappa shape index (κ2) is 5.56. The number of amides is 1. The third kappa shape index (κ3) is 2.93. The number of rotatable bonds is 2. The standard InChI is InChI=1S/C12H14F2N2OS/c13-9-5-10(14)11(15)4-8(9)12(17)16-7-2-1-3-18-6-7/h4-5,7H,1-3,6,15H2,(H,16,17). The molecule has 1 saturated heterocycles. The van der Waals surface area contributed by atoms with Crippen LogP contribution >= 0.6 is 11.8 Å². The molecule has 0 aliphatic carbocycles. The summed E-state index contributed by atoms with van der Waals surface area (Å²) in [6.07, 6.45) is 1.92. The highest BCUT2D eigenvalue weighted by atomic mass is 32.2. The number of anilines is 1. The molecule has 6 heteroatoms. The van der Waals surface area contributed by atoms with Crippen molar-refractivity contribution in [1.29, 1.82) is 0 Å². The Morgan fingerprint density at radius 2 is 2.17 bits per heavy atom. The Morgan fingerprint density at radius 3 is 2.83 bits per heavy atom. The Balaban J connectivity index is 2.10. The third-order valence-corrected chi connectivity index (χ3v) is 4.04. The summed E-state index contributed by atoms with van der Waals surface area (Å²) in [6, 6.07) is 1.72. The van der Waals surface area contributed by atoms with Gasteiger partial charge in [-0.1, -0.05) is 0 Å². The van der Waals surface area contributed by atoms with Crippen LogP contribution in [0.15, 0.2) is 12.1 Å². The first-order chi connectivity index (χ1) is 8.58. The van der Waals surface area contributed by atoms with E-state index in [4.69, 9.17) is 5.73 Å². The Labute approximate surface area is 108 Å². The van der Waals surface area contributed by atoms with Crippen LogP contribution in [0.2, 0.25) is 0 Å². The molecule has 0 aromatic heterocycles. The van der Waals surface area contributed by atoms with Gasteiger partial charge < -0.3 is 11.1 Å². The molecule has 1 unspecified atom stereocenters. The molecule has 1 aromatic carbocycles. The maximum absolute atomic E-state index is 13.5. The molecule has 0 bridgehead atoms. The average molecular weight is 272 g/mol. The molecule has 0 radical (unpaired) electrons. The first-order valence-electron chi connectivity index (χ1n) is 5.71. The van der Waals surface area contributed by atoms with Gasteiger partial charge in [0.1, 0.15) is 11.6 Å². The minimum Gasteiger partial charge on any atom is -0.396 e. The van der Waals surface area contributed by atoms with E-state index in [0.717, 1.165) is 30.4 Å². The van der Waals surface area contributed by atoms with Crippen molar-refractivity contribution in [3.63, 3.8) is 0 Å². The molecule has 1 heterocycles. The first-order valence-corrected chi connectivity index (χ1v) is 6.86. The Hall–Kier alpha value is -1.30. The molecular formula is C12H14F2N2OS.